The number of aromatic nitrogens is 4. The van der Waals surface area contributed by atoms with Crippen LogP contribution in [0.2, 0.25) is 5.02 Å². The molecular weight excluding hydrogens is 425 g/mol. The van der Waals surface area contributed by atoms with Gasteiger partial charge in [0.2, 0.25) is 5.91 Å². The van der Waals surface area contributed by atoms with E-state index in [9.17, 15) is 29.4 Å². The predicted octanol–water partition coefficient (Wildman–Crippen LogP) is 2.68. The Hall–Kier alpha value is -3.87. The second-order valence-electron chi connectivity index (χ2n) is 6.09. The highest BCUT2D eigenvalue weighted by Crippen LogP contribution is 2.29. The summed E-state index contributed by atoms with van der Waals surface area (Å²) in [6.07, 6.45) is 1.39. The summed E-state index contributed by atoms with van der Waals surface area (Å²) in [4.78, 5) is 32.4. The Morgan fingerprint density at radius 1 is 1.23 bits per heavy atom. The lowest BCUT2D eigenvalue weighted by atomic mass is 10.2. The first-order valence-electron chi connectivity index (χ1n) is 8.29. The topological polar surface area (TPSA) is 151 Å². The van der Waals surface area contributed by atoms with E-state index in [0.29, 0.717) is 5.56 Å². The van der Waals surface area contributed by atoms with Crippen molar-refractivity contribution >= 4 is 34.8 Å². The summed E-state index contributed by atoms with van der Waals surface area (Å²) in [7, 11) is 0. The quantitative estimate of drug-likeness (QED) is 0.440. The van der Waals surface area contributed by atoms with Crippen LogP contribution in [0.5, 0.6) is 0 Å². The minimum absolute atomic E-state index is 0.0215. The fourth-order valence-corrected chi connectivity index (χ4v) is 2.88. The summed E-state index contributed by atoms with van der Waals surface area (Å²) in [6, 6.07) is 6.08. The first kappa shape index (κ1) is 20.9. The van der Waals surface area contributed by atoms with Crippen LogP contribution in [-0.2, 0) is 17.9 Å². The molecule has 0 aliphatic rings. The number of carbonyl (C=O) groups is 1. The number of hydrogen-bond acceptors (Lipinski definition) is 7. The Morgan fingerprint density at radius 2 is 1.93 bits per heavy atom. The van der Waals surface area contributed by atoms with E-state index in [0.717, 1.165) is 4.68 Å². The third kappa shape index (κ3) is 4.25. The Kier molecular flexibility index (Phi) is 5.73. The second-order valence-corrected chi connectivity index (χ2v) is 6.50. The van der Waals surface area contributed by atoms with Crippen molar-refractivity contribution in [1.29, 1.82) is 0 Å². The Labute approximate surface area is 172 Å². The van der Waals surface area contributed by atoms with Gasteiger partial charge in [-0.3, -0.25) is 19.6 Å². The number of hydrogen-bond donors (Lipinski definition) is 1. The lowest BCUT2D eigenvalue weighted by Crippen LogP contribution is -2.21. The molecule has 14 heteroatoms. The van der Waals surface area contributed by atoms with Crippen molar-refractivity contribution in [2.45, 2.75) is 20.0 Å². The van der Waals surface area contributed by atoms with Gasteiger partial charge in [0.1, 0.15) is 23.1 Å². The summed E-state index contributed by atoms with van der Waals surface area (Å²) in [5.41, 5.74) is -0.584. The number of benzene rings is 1. The van der Waals surface area contributed by atoms with Gasteiger partial charge in [-0.25, -0.2) is 4.39 Å². The lowest BCUT2D eigenvalue weighted by Gasteiger charge is -2.04. The minimum Gasteiger partial charge on any atom is -0.358 e. The molecule has 1 aromatic carbocycles. The highest BCUT2D eigenvalue weighted by molar-refractivity contribution is 6.33. The predicted molar refractivity (Wildman–Crippen MR) is 102 cm³/mol. The van der Waals surface area contributed by atoms with Crippen molar-refractivity contribution < 1.29 is 19.0 Å². The van der Waals surface area contributed by atoms with Gasteiger partial charge in [0.15, 0.2) is 5.82 Å². The lowest BCUT2D eigenvalue weighted by molar-refractivity contribution is -0.424. The van der Waals surface area contributed by atoms with Crippen LogP contribution in [0.1, 0.15) is 11.3 Å². The van der Waals surface area contributed by atoms with Crippen molar-refractivity contribution in [2.75, 3.05) is 5.32 Å². The molecule has 1 amide bonds. The average molecular weight is 438 g/mol. The van der Waals surface area contributed by atoms with E-state index in [4.69, 9.17) is 11.6 Å². The molecule has 156 valence electrons. The van der Waals surface area contributed by atoms with Gasteiger partial charge in [0, 0.05) is 11.8 Å². The van der Waals surface area contributed by atoms with Gasteiger partial charge in [0.25, 0.3) is 0 Å². The molecule has 12 nitrogen and oxygen atoms in total. The molecule has 0 radical (unpaired) electrons. The van der Waals surface area contributed by atoms with Gasteiger partial charge in [-0.15, -0.1) is 0 Å². The molecule has 0 aliphatic carbocycles. The number of nitrogens with zero attached hydrogens (tertiary/aromatic N) is 6. The van der Waals surface area contributed by atoms with E-state index < -0.39 is 39.6 Å². The van der Waals surface area contributed by atoms with Crippen LogP contribution in [0.25, 0.3) is 0 Å². The van der Waals surface area contributed by atoms with Crippen LogP contribution in [0, 0.1) is 33.0 Å². The fourth-order valence-electron chi connectivity index (χ4n) is 2.68. The van der Waals surface area contributed by atoms with Crippen molar-refractivity contribution in [3.8, 4) is 0 Å². The Morgan fingerprint density at radius 3 is 2.53 bits per heavy atom. The zero-order valence-electron chi connectivity index (χ0n) is 15.3. The van der Waals surface area contributed by atoms with Gasteiger partial charge >= 0.3 is 11.5 Å². The van der Waals surface area contributed by atoms with E-state index >= 15 is 0 Å². The molecule has 0 spiro atoms. The Balaban J connectivity index is 1.75. The standard InChI is InChI=1S/C16H13ClFN7O5/c1-9-14(24(27)28)16(25(29)30)21-23(9)8-13(26)19-15-11(17)7-22(20-15)6-10-4-2-3-5-12(10)18/h2-5,7H,6,8H2,1H3,(H,19,20,26). The molecule has 3 rings (SSSR count). The van der Waals surface area contributed by atoms with Gasteiger partial charge in [0.05, 0.1) is 16.6 Å². The zero-order chi connectivity index (χ0) is 22.0. The molecule has 30 heavy (non-hydrogen) atoms. The average Bonchev–Trinajstić information content (AvgIpc) is 3.17. The maximum atomic E-state index is 13.8. The number of nitrogens with one attached hydrogen (secondary N) is 1. The first-order valence-corrected chi connectivity index (χ1v) is 8.67. The number of halogens is 2. The van der Waals surface area contributed by atoms with Crippen LogP contribution < -0.4 is 5.32 Å². The van der Waals surface area contributed by atoms with Gasteiger partial charge in [-0.05, 0) is 17.9 Å². The maximum absolute atomic E-state index is 13.8. The molecule has 0 saturated heterocycles. The molecule has 0 atom stereocenters. The van der Waals surface area contributed by atoms with Crippen LogP contribution in [-0.4, -0.2) is 35.3 Å². The summed E-state index contributed by atoms with van der Waals surface area (Å²) < 4.78 is 15.9. The van der Waals surface area contributed by atoms with Crippen LogP contribution in [0.3, 0.4) is 0 Å². The number of carbonyl (C=O) groups excluding carboxylic acids is 1. The molecule has 2 heterocycles. The van der Waals surface area contributed by atoms with Gasteiger partial charge in [-0.2, -0.15) is 9.78 Å². The Bertz CT molecular complexity index is 1160. The van der Waals surface area contributed by atoms with Gasteiger partial charge in [-0.1, -0.05) is 29.8 Å². The van der Waals surface area contributed by atoms with Crippen LogP contribution >= 0.6 is 11.6 Å². The molecule has 2 aromatic heterocycles. The van der Waals surface area contributed by atoms with Crippen molar-refractivity contribution in [3.05, 3.63) is 72.8 Å². The molecule has 3 aromatic rings. The largest absolute Gasteiger partial charge is 0.468 e. The zero-order valence-corrected chi connectivity index (χ0v) is 16.0. The number of nitro groups is 2. The molecule has 0 fully saturated rings. The van der Waals surface area contributed by atoms with E-state index in [2.05, 4.69) is 15.5 Å². The molecule has 0 aliphatic heterocycles. The molecule has 1 N–H and O–H groups in total. The minimum atomic E-state index is -0.999. The van der Waals surface area contributed by atoms with Crippen LogP contribution in [0.15, 0.2) is 30.5 Å². The monoisotopic (exact) mass is 437 g/mol. The second kappa shape index (κ2) is 8.24. The molecule has 0 saturated carbocycles. The summed E-state index contributed by atoms with van der Waals surface area (Å²) >= 11 is 6.05. The summed E-state index contributed by atoms with van der Waals surface area (Å²) in [5, 5.41) is 32.1. The van der Waals surface area contributed by atoms with Crippen molar-refractivity contribution in [3.63, 3.8) is 0 Å². The van der Waals surface area contributed by atoms with E-state index in [1.807, 2.05) is 0 Å². The summed E-state index contributed by atoms with van der Waals surface area (Å²) in [6.45, 7) is 0.761. The van der Waals surface area contributed by atoms with E-state index in [1.54, 1.807) is 18.2 Å². The van der Waals surface area contributed by atoms with E-state index in [-0.39, 0.29) is 23.1 Å². The fraction of sp³-hybridized carbons (Fsp3) is 0.188. The normalized spacial score (nSPS) is 10.8. The number of rotatable bonds is 7. The maximum Gasteiger partial charge on any atom is 0.468 e. The highest BCUT2D eigenvalue weighted by Gasteiger charge is 2.35. The molecular formula is C16H13ClFN7O5. The molecule has 0 unspecified atom stereocenters. The molecule has 0 bridgehead atoms. The van der Waals surface area contributed by atoms with Gasteiger partial charge < -0.3 is 15.4 Å². The first-order chi connectivity index (χ1) is 14.2. The SMILES string of the molecule is Cc1c([N+](=O)[O-])c([N+](=O)[O-])nn1CC(=O)Nc1nn(Cc2ccccc2F)cc1Cl. The number of anilines is 1. The van der Waals surface area contributed by atoms with E-state index in [1.165, 1.54) is 23.9 Å². The third-order valence-corrected chi connectivity index (χ3v) is 4.35. The number of amides is 1. The summed E-state index contributed by atoms with van der Waals surface area (Å²) in [5.74, 6) is -2.13. The van der Waals surface area contributed by atoms with Crippen molar-refractivity contribution in [2.24, 2.45) is 0 Å². The van der Waals surface area contributed by atoms with Crippen LogP contribution in [0.4, 0.5) is 21.7 Å². The highest BCUT2D eigenvalue weighted by atomic mass is 35.5. The smallest absolute Gasteiger partial charge is 0.358 e. The third-order valence-electron chi connectivity index (χ3n) is 4.07. The van der Waals surface area contributed by atoms with Crippen molar-refractivity contribution in [1.82, 2.24) is 19.6 Å².